The van der Waals surface area contributed by atoms with E-state index in [-0.39, 0.29) is 42.0 Å². The Labute approximate surface area is 195 Å². The van der Waals surface area contributed by atoms with Crippen molar-refractivity contribution in [3.63, 3.8) is 0 Å². The van der Waals surface area contributed by atoms with E-state index < -0.39 is 0 Å². The first-order valence-electron chi connectivity index (χ1n) is 10.3. The summed E-state index contributed by atoms with van der Waals surface area (Å²) in [5, 5.41) is 7.91. The Balaban J connectivity index is 0.00000320. The Bertz CT molecular complexity index is 852. The highest BCUT2D eigenvalue weighted by Gasteiger charge is 2.28. The molecule has 2 aromatic rings. The van der Waals surface area contributed by atoms with Crippen LogP contribution in [0.3, 0.4) is 0 Å². The van der Waals surface area contributed by atoms with Crippen LogP contribution < -0.4 is 5.32 Å². The molecule has 0 aliphatic carbocycles. The number of nitrogens with zero attached hydrogens (tertiary/aromatic N) is 4. The number of benzene rings is 1. The van der Waals surface area contributed by atoms with Crippen LogP contribution in [-0.4, -0.2) is 52.9 Å². The van der Waals surface area contributed by atoms with E-state index in [1.807, 2.05) is 18.7 Å². The van der Waals surface area contributed by atoms with E-state index in [1.54, 1.807) is 12.1 Å². The van der Waals surface area contributed by atoms with E-state index >= 15 is 0 Å². The topological polar surface area (TPSA) is 54.7 Å². The first-order chi connectivity index (χ1) is 13.9. The number of rotatable bonds is 5. The van der Waals surface area contributed by atoms with Crippen molar-refractivity contribution < 1.29 is 9.13 Å². The zero-order valence-corrected chi connectivity index (χ0v) is 20.8. The summed E-state index contributed by atoms with van der Waals surface area (Å²) in [6, 6.07) is 6.57. The summed E-state index contributed by atoms with van der Waals surface area (Å²) >= 11 is 0. The molecule has 8 heteroatoms. The number of guanidine groups is 1. The minimum Gasteiger partial charge on any atom is -0.367 e. The molecule has 1 aromatic carbocycles. The molecule has 6 nitrogen and oxygen atoms in total. The first-order valence-corrected chi connectivity index (χ1v) is 10.3. The fourth-order valence-electron chi connectivity index (χ4n) is 3.86. The van der Waals surface area contributed by atoms with Crippen molar-refractivity contribution >= 4 is 29.9 Å². The fraction of sp³-hybridized carbons (Fsp3) is 0.545. The molecular weight excluding hydrogens is 496 g/mol. The van der Waals surface area contributed by atoms with Crippen LogP contribution in [0.5, 0.6) is 0 Å². The maximum atomic E-state index is 13.3. The standard InChI is InChI=1S/C22H32FN5O.HI/c1-6-24-22(25-12-11-20-16(3)26-27(5)17(20)4)28-13-15(2)29-21(14-28)18-7-9-19(23)10-8-18;/h7-10,15,21H,6,11-14H2,1-5H3,(H,24,25);1H. The van der Waals surface area contributed by atoms with Crippen LogP contribution in [0.25, 0.3) is 0 Å². The van der Waals surface area contributed by atoms with E-state index in [9.17, 15) is 4.39 Å². The monoisotopic (exact) mass is 529 g/mol. The number of aliphatic imine (C=N–C) groups is 1. The highest BCUT2D eigenvalue weighted by atomic mass is 127. The molecule has 1 aliphatic rings. The third-order valence-corrected chi connectivity index (χ3v) is 5.42. The van der Waals surface area contributed by atoms with Crippen LogP contribution in [0.1, 0.15) is 42.5 Å². The van der Waals surface area contributed by atoms with Gasteiger partial charge in [0.05, 0.1) is 18.3 Å². The largest absolute Gasteiger partial charge is 0.367 e. The summed E-state index contributed by atoms with van der Waals surface area (Å²) in [6.45, 7) is 11.2. The number of aromatic nitrogens is 2. The minimum atomic E-state index is -0.231. The van der Waals surface area contributed by atoms with Gasteiger partial charge < -0.3 is 15.0 Å². The van der Waals surface area contributed by atoms with Crippen LogP contribution in [0.2, 0.25) is 0 Å². The second-order valence-corrected chi connectivity index (χ2v) is 7.65. The van der Waals surface area contributed by atoms with Gasteiger partial charge in [-0.05, 0) is 57.4 Å². The van der Waals surface area contributed by atoms with Crippen molar-refractivity contribution in [3.05, 3.63) is 52.6 Å². The molecular formula is C22H33FIN5O. The summed E-state index contributed by atoms with van der Waals surface area (Å²) in [7, 11) is 1.98. The van der Waals surface area contributed by atoms with E-state index in [1.165, 1.54) is 23.4 Å². The van der Waals surface area contributed by atoms with Crippen LogP contribution in [0, 0.1) is 19.7 Å². The molecule has 0 radical (unpaired) electrons. The number of ether oxygens (including phenoxy) is 1. The molecule has 0 spiro atoms. The van der Waals surface area contributed by atoms with Crippen LogP contribution >= 0.6 is 24.0 Å². The lowest BCUT2D eigenvalue weighted by molar-refractivity contribution is -0.0605. The zero-order chi connectivity index (χ0) is 21.0. The third kappa shape index (κ3) is 5.94. The molecule has 2 unspecified atom stereocenters. The van der Waals surface area contributed by atoms with Gasteiger partial charge in [0.2, 0.25) is 0 Å². The maximum Gasteiger partial charge on any atom is 0.194 e. The summed E-state index contributed by atoms with van der Waals surface area (Å²) in [6.07, 6.45) is 0.818. The molecule has 0 bridgehead atoms. The molecule has 166 valence electrons. The van der Waals surface area contributed by atoms with Crippen molar-refractivity contribution in [3.8, 4) is 0 Å². The number of aryl methyl sites for hydroxylation is 2. The highest BCUT2D eigenvalue weighted by molar-refractivity contribution is 14.0. The van der Waals surface area contributed by atoms with Gasteiger partial charge in [-0.3, -0.25) is 9.67 Å². The minimum absolute atomic E-state index is 0. The fourth-order valence-corrected chi connectivity index (χ4v) is 3.86. The second kappa shape index (κ2) is 11.1. The summed E-state index contributed by atoms with van der Waals surface area (Å²) in [4.78, 5) is 7.12. The Morgan fingerprint density at radius 2 is 1.97 bits per heavy atom. The van der Waals surface area contributed by atoms with Gasteiger partial charge in [0.15, 0.2) is 5.96 Å². The number of nitrogens with one attached hydrogen (secondary N) is 1. The Morgan fingerprint density at radius 1 is 1.27 bits per heavy atom. The quantitative estimate of drug-likeness (QED) is 0.364. The average Bonchev–Trinajstić information content (AvgIpc) is 2.93. The summed E-state index contributed by atoms with van der Waals surface area (Å²) in [5.74, 6) is 0.666. The lowest BCUT2D eigenvalue weighted by Crippen LogP contribution is -2.50. The third-order valence-electron chi connectivity index (χ3n) is 5.42. The molecule has 2 heterocycles. The Kier molecular flexibility index (Phi) is 9.09. The molecule has 2 atom stereocenters. The van der Waals surface area contributed by atoms with Gasteiger partial charge in [0.25, 0.3) is 0 Å². The Morgan fingerprint density at radius 3 is 2.57 bits per heavy atom. The van der Waals surface area contributed by atoms with Gasteiger partial charge in [-0.15, -0.1) is 24.0 Å². The van der Waals surface area contributed by atoms with Crippen molar-refractivity contribution in [2.24, 2.45) is 12.0 Å². The summed E-state index contributed by atoms with van der Waals surface area (Å²) < 4.78 is 21.3. The normalized spacial score (nSPS) is 19.5. The summed E-state index contributed by atoms with van der Waals surface area (Å²) in [5.41, 5.74) is 4.52. The van der Waals surface area contributed by atoms with Crippen molar-refractivity contribution in [1.29, 1.82) is 0 Å². The highest BCUT2D eigenvalue weighted by Crippen LogP contribution is 2.25. The van der Waals surface area contributed by atoms with Crippen LogP contribution in [0.15, 0.2) is 29.3 Å². The van der Waals surface area contributed by atoms with Gasteiger partial charge in [-0.1, -0.05) is 12.1 Å². The molecule has 0 amide bonds. The molecule has 1 saturated heterocycles. The van der Waals surface area contributed by atoms with Gasteiger partial charge >= 0.3 is 0 Å². The molecule has 0 saturated carbocycles. The van der Waals surface area contributed by atoms with Crippen LogP contribution in [0.4, 0.5) is 4.39 Å². The zero-order valence-electron chi connectivity index (χ0n) is 18.5. The molecule has 1 aliphatic heterocycles. The molecule has 1 N–H and O–H groups in total. The maximum absolute atomic E-state index is 13.3. The van der Waals surface area contributed by atoms with Gasteiger partial charge in [0.1, 0.15) is 11.9 Å². The van der Waals surface area contributed by atoms with Crippen LogP contribution in [-0.2, 0) is 18.2 Å². The lowest BCUT2D eigenvalue weighted by Gasteiger charge is -2.38. The molecule has 1 aromatic heterocycles. The predicted octanol–water partition coefficient (Wildman–Crippen LogP) is 3.76. The number of halogens is 2. The average molecular weight is 529 g/mol. The van der Waals surface area contributed by atoms with E-state index in [0.717, 1.165) is 36.7 Å². The van der Waals surface area contributed by atoms with Gasteiger partial charge in [0, 0.05) is 32.4 Å². The van der Waals surface area contributed by atoms with E-state index in [4.69, 9.17) is 9.73 Å². The number of hydrogen-bond donors (Lipinski definition) is 1. The van der Waals surface area contributed by atoms with E-state index in [0.29, 0.717) is 13.1 Å². The first kappa shape index (κ1) is 24.6. The SMILES string of the molecule is CCNC(=NCCc1c(C)nn(C)c1C)N1CC(C)OC(c2ccc(F)cc2)C1.I. The number of hydrogen-bond acceptors (Lipinski definition) is 3. The molecule has 1 fully saturated rings. The van der Waals surface area contributed by atoms with Crippen molar-refractivity contribution in [2.45, 2.75) is 46.3 Å². The molecule has 3 rings (SSSR count). The molecule has 30 heavy (non-hydrogen) atoms. The van der Waals surface area contributed by atoms with Crippen molar-refractivity contribution in [2.75, 3.05) is 26.2 Å². The smallest absolute Gasteiger partial charge is 0.194 e. The second-order valence-electron chi connectivity index (χ2n) is 7.65. The van der Waals surface area contributed by atoms with Crippen molar-refractivity contribution in [1.82, 2.24) is 20.0 Å². The predicted molar refractivity (Wildman–Crippen MR) is 129 cm³/mol. The number of morpholine rings is 1. The Hall–Kier alpha value is -1.68. The van der Waals surface area contributed by atoms with Gasteiger partial charge in [-0.2, -0.15) is 5.10 Å². The van der Waals surface area contributed by atoms with E-state index in [2.05, 4.69) is 36.1 Å². The lowest BCUT2D eigenvalue weighted by atomic mass is 10.1. The van der Waals surface area contributed by atoms with Gasteiger partial charge in [-0.25, -0.2) is 4.39 Å².